The largest absolute Gasteiger partial charge is 0.393 e. The van der Waals surface area contributed by atoms with Crippen LogP contribution in [0.2, 0.25) is 0 Å². The van der Waals surface area contributed by atoms with E-state index in [1.54, 1.807) is 0 Å². The molecule has 0 aromatic heterocycles. The van der Waals surface area contributed by atoms with Crippen molar-refractivity contribution in [1.29, 1.82) is 0 Å². The minimum Gasteiger partial charge on any atom is -0.393 e. The summed E-state index contributed by atoms with van der Waals surface area (Å²) in [6.07, 6.45) is 8.83. The van der Waals surface area contributed by atoms with Crippen molar-refractivity contribution >= 4 is 0 Å². The van der Waals surface area contributed by atoms with Gasteiger partial charge in [0.2, 0.25) is 0 Å². The smallest absolute Gasteiger partial charge is 0.0545 e. The Morgan fingerprint density at radius 2 is 1.73 bits per heavy atom. The fraction of sp³-hybridized carbons (Fsp3) is 1.00. The van der Waals surface area contributed by atoms with Gasteiger partial charge in [-0.25, -0.2) is 0 Å². The van der Waals surface area contributed by atoms with Crippen LogP contribution in [0.15, 0.2) is 0 Å². The first-order valence-corrected chi connectivity index (χ1v) is 6.81. The SMILES string of the molecule is CCC1CCCCC1CC(O)CC(C)C. The average molecular weight is 212 g/mol. The predicted octanol–water partition coefficient (Wildman–Crippen LogP) is 4.00. The molecule has 1 saturated carbocycles. The van der Waals surface area contributed by atoms with E-state index in [2.05, 4.69) is 20.8 Å². The van der Waals surface area contributed by atoms with Crippen molar-refractivity contribution in [2.24, 2.45) is 17.8 Å². The van der Waals surface area contributed by atoms with Gasteiger partial charge in [0, 0.05) is 0 Å². The van der Waals surface area contributed by atoms with Gasteiger partial charge in [-0.1, -0.05) is 52.9 Å². The molecule has 0 radical (unpaired) electrons. The van der Waals surface area contributed by atoms with Crippen LogP contribution >= 0.6 is 0 Å². The molecular weight excluding hydrogens is 184 g/mol. The Hall–Kier alpha value is -0.0400. The van der Waals surface area contributed by atoms with Crippen molar-refractivity contribution < 1.29 is 5.11 Å². The lowest BCUT2D eigenvalue weighted by Crippen LogP contribution is -2.24. The van der Waals surface area contributed by atoms with Crippen LogP contribution in [0.3, 0.4) is 0 Å². The van der Waals surface area contributed by atoms with Gasteiger partial charge >= 0.3 is 0 Å². The molecule has 1 aliphatic rings. The first kappa shape index (κ1) is 13.0. The normalized spacial score (nSPS) is 29.4. The molecule has 1 N–H and O–H groups in total. The van der Waals surface area contributed by atoms with Crippen LogP contribution in [0.1, 0.15) is 65.7 Å². The highest BCUT2D eigenvalue weighted by Crippen LogP contribution is 2.35. The van der Waals surface area contributed by atoms with Gasteiger partial charge in [-0.2, -0.15) is 0 Å². The lowest BCUT2D eigenvalue weighted by molar-refractivity contribution is 0.0875. The maximum Gasteiger partial charge on any atom is 0.0545 e. The molecule has 1 nitrogen and oxygen atoms in total. The molecule has 15 heavy (non-hydrogen) atoms. The van der Waals surface area contributed by atoms with Crippen molar-refractivity contribution in [2.75, 3.05) is 0 Å². The summed E-state index contributed by atoms with van der Waals surface area (Å²) in [7, 11) is 0. The number of hydrogen-bond acceptors (Lipinski definition) is 1. The summed E-state index contributed by atoms with van der Waals surface area (Å²) in [5.41, 5.74) is 0. The Balaban J connectivity index is 2.33. The standard InChI is InChI=1S/C14H28O/c1-4-12-7-5-6-8-13(12)10-14(15)9-11(2)3/h11-15H,4-10H2,1-3H3. The molecule has 1 aliphatic carbocycles. The molecule has 0 bridgehead atoms. The summed E-state index contributed by atoms with van der Waals surface area (Å²) in [6.45, 7) is 6.70. The predicted molar refractivity (Wildman–Crippen MR) is 65.8 cm³/mol. The number of hydrogen-bond donors (Lipinski definition) is 1. The summed E-state index contributed by atoms with van der Waals surface area (Å²) >= 11 is 0. The summed E-state index contributed by atoms with van der Waals surface area (Å²) < 4.78 is 0. The zero-order valence-corrected chi connectivity index (χ0v) is 10.7. The molecule has 3 atom stereocenters. The van der Waals surface area contributed by atoms with Gasteiger partial charge in [-0.15, -0.1) is 0 Å². The fourth-order valence-corrected chi connectivity index (χ4v) is 3.12. The van der Waals surface area contributed by atoms with Gasteiger partial charge in [-0.3, -0.25) is 0 Å². The molecule has 1 fully saturated rings. The highest BCUT2D eigenvalue weighted by Gasteiger charge is 2.25. The van der Waals surface area contributed by atoms with Gasteiger partial charge in [0.25, 0.3) is 0 Å². The molecule has 0 aromatic rings. The van der Waals surface area contributed by atoms with Crippen molar-refractivity contribution in [3.8, 4) is 0 Å². The lowest BCUT2D eigenvalue weighted by Gasteiger charge is -2.32. The van der Waals surface area contributed by atoms with E-state index in [4.69, 9.17) is 0 Å². The zero-order chi connectivity index (χ0) is 11.3. The molecule has 1 heteroatoms. The van der Waals surface area contributed by atoms with Crippen LogP contribution in [0.5, 0.6) is 0 Å². The summed E-state index contributed by atoms with van der Waals surface area (Å²) in [4.78, 5) is 0. The Labute approximate surface area is 95.3 Å². The Morgan fingerprint density at radius 1 is 1.13 bits per heavy atom. The minimum atomic E-state index is -0.0536. The van der Waals surface area contributed by atoms with E-state index in [-0.39, 0.29) is 6.10 Å². The molecule has 90 valence electrons. The van der Waals surface area contributed by atoms with Crippen LogP contribution in [0.25, 0.3) is 0 Å². The third-order valence-electron chi connectivity index (χ3n) is 3.91. The molecular formula is C14H28O. The number of aliphatic hydroxyl groups is 1. The quantitative estimate of drug-likeness (QED) is 0.730. The minimum absolute atomic E-state index is 0.0536. The second-order valence-electron chi connectivity index (χ2n) is 5.73. The van der Waals surface area contributed by atoms with Crippen LogP contribution in [0.4, 0.5) is 0 Å². The van der Waals surface area contributed by atoms with E-state index in [0.717, 1.165) is 24.7 Å². The zero-order valence-electron chi connectivity index (χ0n) is 10.7. The number of rotatable bonds is 5. The third-order valence-corrected chi connectivity index (χ3v) is 3.91. The monoisotopic (exact) mass is 212 g/mol. The van der Waals surface area contributed by atoms with E-state index in [0.29, 0.717) is 5.92 Å². The maximum atomic E-state index is 9.99. The molecule has 0 saturated heterocycles. The second-order valence-corrected chi connectivity index (χ2v) is 5.73. The Bertz CT molecular complexity index is 165. The molecule has 0 spiro atoms. The highest BCUT2D eigenvalue weighted by atomic mass is 16.3. The molecule has 1 rings (SSSR count). The first-order valence-electron chi connectivity index (χ1n) is 6.81. The van der Waals surface area contributed by atoms with E-state index in [1.807, 2.05) is 0 Å². The van der Waals surface area contributed by atoms with Crippen molar-refractivity contribution in [3.63, 3.8) is 0 Å². The van der Waals surface area contributed by atoms with Gasteiger partial charge in [0.1, 0.15) is 0 Å². The molecule has 3 unspecified atom stereocenters. The van der Waals surface area contributed by atoms with E-state index < -0.39 is 0 Å². The Kier molecular flexibility index (Phi) is 5.66. The molecule has 0 aromatic carbocycles. The van der Waals surface area contributed by atoms with Crippen LogP contribution in [-0.2, 0) is 0 Å². The average Bonchev–Trinajstić information content (AvgIpc) is 2.17. The highest BCUT2D eigenvalue weighted by molar-refractivity contribution is 4.77. The van der Waals surface area contributed by atoms with Crippen molar-refractivity contribution in [1.82, 2.24) is 0 Å². The number of aliphatic hydroxyl groups excluding tert-OH is 1. The second kappa shape index (κ2) is 6.52. The summed E-state index contributed by atoms with van der Waals surface area (Å²) in [6, 6.07) is 0. The van der Waals surface area contributed by atoms with Gasteiger partial charge in [0.15, 0.2) is 0 Å². The van der Waals surface area contributed by atoms with Gasteiger partial charge < -0.3 is 5.11 Å². The van der Waals surface area contributed by atoms with E-state index in [1.165, 1.54) is 32.1 Å². The summed E-state index contributed by atoms with van der Waals surface area (Å²) in [5, 5.41) is 9.99. The fourth-order valence-electron chi connectivity index (χ4n) is 3.12. The van der Waals surface area contributed by atoms with Gasteiger partial charge in [-0.05, 0) is 30.6 Å². The van der Waals surface area contributed by atoms with E-state index >= 15 is 0 Å². The van der Waals surface area contributed by atoms with Crippen LogP contribution < -0.4 is 0 Å². The Morgan fingerprint density at radius 3 is 2.27 bits per heavy atom. The molecule has 0 aliphatic heterocycles. The van der Waals surface area contributed by atoms with Gasteiger partial charge in [0.05, 0.1) is 6.10 Å². The van der Waals surface area contributed by atoms with Crippen molar-refractivity contribution in [3.05, 3.63) is 0 Å². The molecule has 0 amide bonds. The third kappa shape index (κ3) is 4.55. The van der Waals surface area contributed by atoms with E-state index in [9.17, 15) is 5.11 Å². The van der Waals surface area contributed by atoms with Crippen LogP contribution in [0, 0.1) is 17.8 Å². The summed E-state index contributed by atoms with van der Waals surface area (Å²) in [5.74, 6) is 2.32. The van der Waals surface area contributed by atoms with Crippen molar-refractivity contribution in [2.45, 2.75) is 71.8 Å². The lowest BCUT2D eigenvalue weighted by atomic mass is 9.75. The van der Waals surface area contributed by atoms with Crippen LogP contribution in [-0.4, -0.2) is 11.2 Å². The first-order chi connectivity index (χ1) is 7.13. The topological polar surface area (TPSA) is 20.2 Å². The molecule has 0 heterocycles. The maximum absolute atomic E-state index is 9.99.